The van der Waals surface area contributed by atoms with Gasteiger partial charge < -0.3 is 5.32 Å². The first-order valence-electron chi connectivity index (χ1n) is 9.64. The van der Waals surface area contributed by atoms with Crippen LogP contribution >= 0.6 is 0 Å². The number of aryl methyl sites for hydroxylation is 3. The highest BCUT2D eigenvalue weighted by Gasteiger charge is 2.15. The Labute approximate surface area is 169 Å². The van der Waals surface area contributed by atoms with Crippen LogP contribution in [0.3, 0.4) is 0 Å². The van der Waals surface area contributed by atoms with Gasteiger partial charge in [0.2, 0.25) is 5.91 Å². The first-order chi connectivity index (χ1) is 14.1. The summed E-state index contributed by atoms with van der Waals surface area (Å²) in [6.45, 7) is 2.02. The zero-order valence-electron chi connectivity index (χ0n) is 16.2. The minimum atomic E-state index is -0.311. The van der Waals surface area contributed by atoms with E-state index in [9.17, 15) is 9.18 Å². The number of benzene rings is 2. The third kappa shape index (κ3) is 4.51. The number of fused-ring (bicyclic) bond motifs is 1. The van der Waals surface area contributed by atoms with Gasteiger partial charge in [-0.2, -0.15) is 0 Å². The van der Waals surface area contributed by atoms with Crippen molar-refractivity contribution in [2.75, 3.05) is 5.32 Å². The first-order valence-corrected chi connectivity index (χ1v) is 9.64. The lowest BCUT2D eigenvalue weighted by atomic mass is 10.1. The fourth-order valence-electron chi connectivity index (χ4n) is 3.37. The van der Waals surface area contributed by atoms with E-state index >= 15 is 0 Å². The molecule has 0 aliphatic carbocycles. The molecule has 0 spiro atoms. The summed E-state index contributed by atoms with van der Waals surface area (Å²) in [4.78, 5) is 17.4. The maximum absolute atomic E-state index is 13.1. The van der Waals surface area contributed by atoms with Gasteiger partial charge in [-0.3, -0.25) is 9.20 Å². The second-order valence-corrected chi connectivity index (χ2v) is 7.18. The molecule has 0 saturated carbocycles. The zero-order chi connectivity index (χ0) is 20.2. The van der Waals surface area contributed by atoms with Crippen molar-refractivity contribution in [3.63, 3.8) is 0 Å². The number of nitrogens with zero attached hydrogens (tertiary/aromatic N) is 2. The van der Waals surface area contributed by atoms with Crippen LogP contribution in [-0.4, -0.2) is 15.3 Å². The van der Waals surface area contributed by atoms with Crippen molar-refractivity contribution in [3.05, 3.63) is 101 Å². The third-order valence-corrected chi connectivity index (χ3v) is 4.88. The summed E-state index contributed by atoms with van der Waals surface area (Å²) < 4.78 is 15.0. The summed E-state index contributed by atoms with van der Waals surface area (Å²) in [6.07, 6.45) is 3.66. The molecule has 29 heavy (non-hydrogen) atoms. The fourth-order valence-corrected chi connectivity index (χ4v) is 3.37. The van der Waals surface area contributed by atoms with Crippen molar-refractivity contribution in [1.82, 2.24) is 9.38 Å². The SMILES string of the molecule is Cc1ccn2c(NC(=O)Cc3ccc(F)cc3)c(CCc3ccccc3)nc2c1. The number of amides is 1. The molecule has 1 amide bonds. The van der Waals surface area contributed by atoms with Crippen molar-refractivity contribution < 1.29 is 9.18 Å². The number of aromatic nitrogens is 2. The molecule has 0 saturated heterocycles. The molecule has 2 aromatic heterocycles. The average Bonchev–Trinajstić information content (AvgIpc) is 3.05. The molecule has 4 aromatic rings. The highest BCUT2D eigenvalue weighted by molar-refractivity contribution is 5.92. The minimum absolute atomic E-state index is 0.153. The zero-order valence-corrected chi connectivity index (χ0v) is 16.2. The Morgan fingerprint density at radius 1 is 1.00 bits per heavy atom. The van der Waals surface area contributed by atoms with Crippen LogP contribution in [-0.2, 0) is 24.1 Å². The molecular weight excluding hydrogens is 365 g/mol. The van der Waals surface area contributed by atoms with Crippen LogP contribution in [0.1, 0.15) is 22.4 Å². The van der Waals surface area contributed by atoms with E-state index in [1.165, 1.54) is 17.7 Å². The number of halogens is 1. The number of imidazole rings is 1. The summed E-state index contributed by atoms with van der Waals surface area (Å²) in [5.74, 6) is 0.234. The number of carbonyl (C=O) groups excluding carboxylic acids is 1. The molecule has 146 valence electrons. The molecule has 0 radical (unpaired) electrons. The van der Waals surface area contributed by atoms with Crippen LogP contribution in [0.25, 0.3) is 5.65 Å². The summed E-state index contributed by atoms with van der Waals surface area (Å²) >= 11 is 0. The lowest BCUT2D eigenvalue weighted by molar-refractivity contribution is -0.115. The van der Waals surface area contributed by atoms with Gasteiger partial charge in [0.25, 0.3) is 0 Å². The van der Waals surface area contributed by atoms with Gasteiger partial charge in [-0.15, -0.1) is 0 Å². The van der Waals surface area contributed by atoms with Gasteiger partial charge in [-0.05, 0) is 60.7 Å². The second-order valence-electron chi connectivity index (χ2n) is 7.18. The molecule has 0 bridgehead atoms. The number of hydrogen-bond acceptors (Lipinski definition) is 2. The van der Waals surface area contributed by atoms with Crippen molar-refractivity contribution in [2.24, 2.45) is 0 Å². The van der Waals surface area contributed by atoms with E-state index in [4.69, 9.17) is 4.98 Å². The molecule has 4 rings (SSSR count). The van der Waals surface area contributed by atoms with Crippen LogP contribution in [0.5, 0.6) is 0 Å². The normalized spacial score (nSPS) is 11.0. The average molecular weight is 387 g/mol. The van der Waals surface area contributed by atoms with Gasteiger partial charge in [0.05, 0.1) is 12.1 Å². The van der Waals surface area contributed by atoms with Crippen LogP contribution in [0.2, 0.25) is 0 Å². The van der Waals surface area contributed by atoms with Gasteiger partial charge in [0.15, 0.2) is 0 Å². The Hall–Kier alpha value is -3.47. The van der Waals surface area contributed by atoms with Gasteiger partial charge in [0, 0.05) is 6.20 Å². The number of rotatable bonds is 6. The highest BCUT2D eigenvalue weighted by atomic mass is 19.1. The molecule has 0 unspecified atom stereocenters. The topological polar surface area (TPSA) is 46.4 Å². The molecule has 2 aromatic carbocycles. The largest absolute Gasteiger partial charge is 0.310 e. The van der Waals surface area contributed by atoms with Crippen LogP contribution in [0.4, 0.5) is 10.2 Å². The molecular formula is C24H22FN3O. The Bertz CT molecular complexity index is 1130. The van der Waals surface area contributed by atoms with E-state index < -0.39 is 0 Å². The molecule has 4 nitrogen and oxygen atoms in total. The fraction of sp³-hybridized carbons (Fsp3) is 0.167. The predicted molar refractivity (Wildman–Crippen MR) is 113 cm³/mol. The maximum Gasteiger partial charge on any atom is 0.229 e. The quantitative estimate of drug-likeness (QED) is 0.519. The Morgan fingerprint density at radius 2 is 1.76 bits per heavy atom. The first kappa shape index (κ1) is 18.9. The standard InChI is InChI=1S/C24H22FN3O/c1-17-13-14-28-22(15-17)26-21(12-9-18-5-3-2-4-6-18)24(28)27-23(29)16-19-7-10-20(25)11-8-19/h2-8,10-11,13-15H,9,12,16H2,1H3,(H,27,29). The van der Waals surface area contributed by atoms with Gasteiger partial charge >= 0.3 is 0 Å². The van der Waals surface area contributed by atoms with E-state index in [2.05, 4.69) is 17.4 Å². The summed E-state index contributed by atoms with van der Waals surface area (Å²) in [7, 11) is 0. The number of anilines is 1. The Balaban J connectivity index is 1.58. The second kappa shape index (κ2) is 8.27. The van der Waals surface area contributed by atoms with E-state index in [0.717, 1.165) is 35.3 Å². The smallest absolute Gasteiger partial charge is 0.229 e. The molecule has 0 aliphatic heterocycles. The maximum atomic E-state index is 13.1. The van der Waals surface area contributed by atoms with Crippen LogP contribution in [0.15, 0.2) is 72.9 Å². The highest BCUT2D eigenvalue weighted by Crippen LogP contribution is 2.21. The molecule has 0 aliphatic rings. The van der Waals surface area contributed by atoms with Gasteiger partial charge in [-0.1, -0.05) is 42.5 Å². The van der Waals surface area contributed by atoms with Crippen molar-refractivity contribution in [1.29, 1.82) is 0 Å². The molecule has 1 N–H and O–H groups in total. The van der Waals surface area contributed by atoms with Crippen molar-refractivity contribution >= 4 is 17.4 Å². The summed E-state index contributed by atoms with van der Waals surface area (Å²) in [5, 5.41) is 3.02. The Kier molecular flexibility index (Phi) is 5.38. The number of hydrogen-bond donors (Lipinski definition) is 1. The summed E-state index contributed by atoms with van der Waals surface area (Å²) in [6, 6.07) is 20.2. The minimum Gasteiger partial charge on any atom is -0.310 e. The monoisotopic (exact) mass is 387 g/mol. The third-order valence-electron chi connectivity index (χ3n) is 4.88. The molecule has 5 heteroatoms. The lowest BCUT2D eigenvalue weighted by Crippen LogP contribution is -2.17. The molecule has 0 fully saturated rings. The van der Waals surface area contributed by atoms with Crippen molar-refractivity contribution in [2.45, 2.75) is 26.2 Å². The van der Waals surface area contributed by atoms with E-state index in [1.54, 1.807) is 12.1 Å². The van der Waals surface area contributed by atoms with E-state index in [0.29, 0.717) is 5.82 Å². The summed E-state index contributed by atoms with van der Waals surface area (Å²) in [5.41, 5.74) is 4.77. The number of pyridine rings is 1. The lowest BCUT2D eigenvalue weighted by Gasteiger charge is -2.08. The predicted octanol–water partition coefficient (Wildman–Crippen LogP) is 4.75. The number of carbonyl (C=O) groups is 1. The van der Waals surface area contributed by atoms with Crippen molar-refractivity contribution in [3.8, 4) is 0 Å². The number of nitrogens with one attached hydrogen (secondary N) is 1. The Morgan fingerprint density at radius 3 is 2.52 bits per heavy atom. The van der Waals surface area contributed by atoms with Gasteiger partial charge in [-0.25, -0.2) is 9.37 Å². The van der Waals surface area contributed by atoms with Gasteiger partial charge in [0.1, 0.15) is 17.3 Å². The van der Waals surface area contributed by atoms with E-state index in [-0.39, 0.29) is 18.1 Å². The van der Waals surface area contributed by atoms with Crippen LogP contribution in [0, 0.1) is 12.7 Å². The molecule has 2 heterocycles. The van der Waals surface area contributed by atoms with Crippen LogP contribution < -0.4 is 5.32 Å². The van der Waals surface area contributed by atoms with E-state index in [1.807, 2.05) is 47.9 Å². The molecule has 0 atom stereocenters.